The second-order valence-corrected chi connectivity index (χ2v) is 5.90. The van der Waals surface area contributed by atoms with E-state index in [1.165, 1.54) is 5.56 Å². The summed E-state index contributed by atoms with van der Waals surface area (Å²) in [6.45, 7) is 8.99. The molecule has 0 spiro atoms. The molecule has 2 N–H and O–H groups in total. The predicted octanol–water partition coefficient (Wildman–Crippen LogP) is 2.84. The maximum absolute atomic E-state index is 11.7. The zero-order chi connectivity index (χ0) is 15.2. The SMILES string of the molecule is CCCNC(=O)CC(=O)Nc1ccc(C(C)(C)C)cc1. The molecule has 1 aromatic carbocycles. The molecular formula is C16H24N2O2. The van der Waals surface area contributed by atoms with Crippen LogP contribution in [0.1, 0.15) is 46.1 Å². The first kappa shape index (κ1) is 16.2. The van der Waals surface area contributed by atoms with Crippen LogP contribution in [0.2, 0.25) is 0 Å². The zero-order valence-corrected chi connectivity index (χ0v) is 12.7. The van der Waals surface area contributed by atoms with Crippen LogP contribution in [0.5, 0.6) is 0 Å². The predicted molar refractivity (Wildman–Crippen MR) is 81.7 cm³/mol. The first-order valence-corrected chi connectivity index (χ1v) is 7.00. The van der Waals surface area contributed by atoms with Crippen LogP contribution in [0.15, 0.2) is 24.3 Å². The molecule has 0 bridgehead atoms. The molecule has 20 heavy (non-hydrogen) atoms. The molecule has 4 nitrogen and oxygen atoms in total. The van der Waals surface area contributed by atoms with Gasteiger partial charge in [-0.25, -0.2) is 0 Å². The number of hydrogen-bond donors (Lipinski definition) is 2. The Morgan fingerprint density at radius 2 is 1.65 bits per heavy atom. The van der Waals surface area contributed by atoms with Crippen LogP contribution in [0.4, 0.5) is 5.69 Å². The van der Waals surface area contributed by atoms with Gasteiger partial charge in [0, 0.05) is 12.2 Å². The number of carbonyl (C=O) groups is 2. The van der Waals surface area contributed by atoms with E-state index in [1.54, 1.807) is 0 Å². The molecule has 0 heterocycles. The monoisotopic (exact) mass is 276 g/mol. The van der Waals surface area contributed by atoms with Crippen molar-refractivity contribution in [3.8, 4) is 0 Å². The lowest BCUT2D eigenvalue weighted by atomic mass is 9.87. The number of benzene rings is 1. The van der Waals surface area contributed by atoms with Crippen molar-refractivity contribution in [3.63, 3.8) is 0 Å². The van der Waals surface area contributed by atoms with Crippen molar-refractivity contribution >= 4 is 17.5 Å². The van der Waals surface area contributed by atoms with Crippen LogP contribution < -0.4 is 10.6 Å². The number of anilines is 1. The number of rotatable bonds is 5. The number of amides is 2. The van der Waals surface area contributed by atoms with Crippen molar-refractivity contribution in [2.45, 2.75) is 46.0 Å². The maximum Gasteiger partial charge on any atom is 0.233 e. The van der Waals surface area contributed by atoms with Gasteiger partial charge in [-0.05, 0) is 29.5 Å². The van der Waals surface area contributed by atoms with Crippen LogP contribution in [-0.2, 0) is 15.0 Å². The summed E-state index contributed by atoms with van der Waals surface area (Å²) in [5.74, 6) is -0.530. The molecule has 0 aromatic heterocycles. The van der Waals surface area contributed by atoms with Gasteiger partial charge in [0.25, 0.3) is 0 Å². The first-order valence-electron chi connectivity index (χ1n) is 7.00. The van der Waals surface area contributed by atoms with Gasteiger partial charge in [-0.1, -0.05) is 39.8 Å². The Bertz CT molecular complexity index is 458. The highest BCUT2D eigenvalue weighted by atomic mass is 16.2. The first-order chi connectivity index (χ1) is 9.32. The van der Waals surface area contributed by atoms with E-state index >= 15 is 0 Å². The average molecular weight is 276 g/mol. The molecule has 2 amide bonds. The minimum atomic E-state index is -0.290. The van der Waals surface area contributed by atoms with E-state index in [9.17, 15) is 9.59 Å². The molecule has 1 rings (SSSR count). The van der Waals surface area contributed by atoms with Crippen LogP contribution in [0.25, 0.3) is 0 Å². The molecule has 0 aliphatic rings. The van der Waals surface area contributed by atoms with E-state index in [0.717, 1.165) is 6.42 Å². The van der Waals surface area contributed by atoms with Crippen LogP contribution in [0, 0.1) is 0 Å². The third-order valence-corrected chi connectivity index (χ3v) is 2.93. The molecular weight excluding hydrogens is 252 g/mol. The fourth-order valence-corrected chi connectivity index (χ4v) is 1.73. The van der Waals surface area contributed by atoms with Gasteiger partial charge in [-0.3, -0.25) is 9.59 Å². The fraction of sp³-hybridized carbons (Fsp3) is 0.500. The zero-order valence-electron chi connectivity index (χ0n) is 12.7. The molecule has 4 heteroatoms. The molecule has 0 atom stereocenters. The standard InChI is InChI=1S/C16H24N2O2/c1-5-10-17-14(19)11-15(20)18-13-8-6-12(7-9-13)16(2,3)4/h6-9H,5,10-11H2,1-4H3,(H,17,19)(H,18,20). The van der Waals surface area contributed by atoms with Crippen molar-refractivity contribution in [2.24, 2.45) is 0 Å². The molecule has 0 aliphatic heterocycles. The quantitative estimate of drug-likeness (QED) is 0.812. The van der Waals surface area contributed by atoms with E-state index in [-0.39, 0.29) is 23.7 Å². The minimum Gasteiger partial charge on any atom is -0.356 e. The molecule has 0 radical (unpaired) electrons. The van der Waals surface area contributed by atoms with Gasteiger partial charge in [0.15, 0.2) is 0 Å². The van der Waals surface area contributed by atoms with Gasteiger partial charge in [0.1, 0.15) is 6.42 Å². The van der Waals surface area contributed by atoms with Crippen molar-refractivity contribution in [2.75, 3.05) is 11.9 Å². The average Bonchev–Trinajstić information content (AvgIpc) is 2.35. The normalized spacial score (nSPS) is 11.0. The molecule has 0 saturated carbocycles. The van der Waals surface area contributed by atoms with Crippen molar-refractivity contribution in [3.05, 3.63) is 29.8 Å². The number of nitrogens with one attached hydrogen (secondary N) is 2. The van der Waals surface area contributed by atoms with Gasteiger partial charge in [0.05, 0.1) is 0 Å². The Labute approximate surface area is 121 Å². The largest absolute Gasteiger partial charge is 0.356 e. The third-order valence-electron chi connectivity index (χ3n) is 2.93. The molecule has 110 valence electrons. The molecule has 0 unspecified atom stereocenters. The highest BCUT2D eigenvalue weighted by molar-refractivity contribution is 6.03. The summed E-state index contributed by atoms with van der Waals surface area (Å²) in [5.41, 5.74) is 2.00. The lowest BCUT2D eigenvalue weighted by Gasteiger charge is -2.19. The number of carbonyl (C=O) groups excluding carboxylic acids is 2. The second kappa shape index (κ2) is 7.08. The summed E-state index contributed by atoms with van der Waals surface area (Å²) < 4.78 is 0. The summed E-state index contributed by atoms with van der Waals surface area (Å²) in [6, 6.07) is 7.71. The van der Waals surface area contributed by atoms with Crippen LogP contribution in [-0.4, -0.2) is 18.4 Å². The lowest BCUT2D eigenvalue weighted by molar-refractivity contribution is -0.126. The van der Waals surface area contributed by atoms with Crippen molar-refractivity contribution < 1.29 is 9.59 Å². The Balaban J connectivity index is 2.52. The minimum absolute atomic E-state index is 0.0859. The summed E-state index contributed by atoms with van der Waals surface area (Å²) in [7, 11) is 0. The lowest BCUT2D eigenvalue weighted by Crippen LogP contribution is -2.28. The van der Waals surface area contributed by atoms with E-state index in [1.807, 2.05) is 31.2 Å². The summed E-state index contributed by atoms with van der Waals surface area (Å²) in [6.07, 6.45) is 0.725. The highest BCUT2D eigenvalue weighted by Gasteiger charge is 2.13. The van der Waals surface area contributed by atoms with E-state index in [2.05, 4.69) is 31.4 Å². The second-order valence-electron chi connectivity index (χ2n) is 5.90. The van der Waals surface area contributed by atoms with Gasteiger partial charge in [0.2, 0.25) is 11.8 Å². The molecule has 1 aromatic rings. The van der Waals surface area contributed by atoms with Crippen molar-refractivity contribution in [1.29, 1.82) is 0 Å². The van der Waals surface area contributed by atoms with Crippen LogP contribution >= 0.6 is 0 Å². The van der Waals surface area contributed by atoms with Crippen molar-refractivity contribution in [1.82, 2.24) is 5.32 Å². The van der Waals surface area contributed by atoms with Gasteiger partial charge in [-0.15, -0.1) is 0 Å². The Kier molecular flexibility index (Phi) is 5.74. The highest BCUT2D eigenvalue weighted by Crippen LogP contribution is 2.23. The molecule has 0 fully saturated rings. The van der Waals surface area contributed by atoms with Gasteiger partial charge in [-0.2, -0.15) is 0 Å². The van der Waals surface area contributed by atoms with Gasteiger partial charge < -0.3 is 10.6 Å². The topological polar surface area (TPSA) is 58.2 Å². The summed E-state index contributed by atoms with van der Waals surface area (Å²) in [4.78, 5) is 23.1. The number of hydrogen-bond acceptors (Lipinski definition) is 2. The third kappa shape index (κ3) is 5.43. The Morgan fingerprint density at radius 1 is 1.05 bits per heavy atom. The van der Waals surface area contributed by atoms with Crippen LogP contribution in [0.3, 0.4) is 0 Å². The Hall–Kier alpha value is -1.84. The molecule has 0 saturated heterocycles. The summed E-state index contributed by atoms with van der Waals surface area (Å²) in [5, 5.41) is 5.41. The fourth-order valence-electron chi connectivity index (χ4n) is 1.73. The molecule has 0 aliphatic carbocycles. The van der Waals surface area contributed by atoms with E-state index in [4.69, 9.17) is 0 Å². The maximum atomic E-state index is 11.7. The van der Waals surface area contributed by atoms with Gasteiger partial charge >= 0.3 is 0 Å². The Morgan fingerprint density at radius 3 is 2.15 bits per heavy atom. The van der Waals surface area contributed by atoms with E-state index < -0.39 is 0 Å². The summed E-state index contributed by atoms with van der Waals surface area (Å²) >= 11 is 0. The van der Waals surface area contributed by atoms with E-state index in [0.29, 0.717) is 12.2 Å². The smallest absolute Gasteiger partial charge is 0.233 e.